The van der Waals surface area contributed by atoms with Crippen molar-refractivity contribution in [1.29, 1.82) is 0 Å². The first kappa shape index (κ1) is 28.9. The molecule has 3 atom stereocenters. The summed E-state index contributed by atoms with van der Waals surface area (Å²) in [7, 11) is 1.39. The third kappa shape index (κ3) is 7.20. The zero-order valence-corrected chi connectivity index (χ0v) is 22.4. The number of carbonyl (C=O) groups is 3. The summed E-state index contributed by atoms with van der Waals surface area (Å²) >= 11 is 0. The quantitative estimate of drug-likeness (QED) is 0.335. The third-order valence-electron chi connectivity index (χ3n) is 6.78. The summed E-state index contributed by atoms with van der Waals surface area (Å²) in [5.74, 6) is -1.78. The highest BCUT2D eigenvalue weighted by Gasteiger charge is 2.35. The molecule has 9 nitrogen and oxygen atoms in total. The second kappa shape index (κ2) is 13.2. The zero-order valence-electron chi connectivity index (χ0n) is 22.4. The zero-order chi connectivity index (χ0) is 27.8. The fraction of sp³-hybridized carbons (Fsp3) is 0.500. The van der Waals surface area contributed by atoms with Gasteiger partial charge in [0.25, 0.3) is 5.91 Å². The minimum atomic E-state index is -1.00. The van der Waals surface area contributed by atoms with E-state index in [1.54, 1.807) is 6.07 Å². The van der Waals surface area contributed by atoms with Crippen LogP contribution in [0.1, 0.15) is 74.0 Å². The summed E-state index contributed by atoms with van der Waals surface area (Å²) in [6.07, 6.45) is 5.08. The van der Waals surface area contributed by atoms with Gasteiger partial charge in [0.15, 0.2) is 17.2 Å². The average molecular weight is 531 g/mol. The van der Waals surface area contributed by atoms with Crippen molar-refractivity contribution < 1.29 is 37.7 Å². The van der Waals surface area contributed by atoms with E-state index in [9.17, 15) is 18.8 Å². The van der Waals surface area contributed by atoms with E-state index in [2.05, 4.69) is 10.3 Å². The number of carbonyl (C=O) groups excluding carboxylic acids is 3. The normalized spacial score (nSPS) is 15.7. The van der Waals surface area contributed by atoms with Gasteiger partial charge >= 0.3 is 11.9 Å². The number of benzene rings is 1. The SMILES string of the molecule is COc1ccnc(C(=O)N[C@@H](C)C(=O)O[C@@H](C)[C@@H](c2ccc(F)cc2C)C2CCCC2)c1OCOC(C)=O. The standard InChI is InChI=1S/C28H35FN2O7/c1-16-14-21(29)10-11-22(16)24(20-8-6-7-9-20)18(3)38-28(34)17(2)31-27(33)25-26(37-15-36-19(4)32)23(35-5)12-13-30-25/h10-14,17-18,20,24H,6-9,15H2,1-5H3,(H,31,33)/t17-,18-,24+/m0/s1. The summed E-state index contributed by atoms with van der Waals surface area (Å²) < 4.78 is 35.1. The lowest BCUT2D eigenvalue weighted by molar-refractivity contribution is -0.152. The van der Waals surface area contributed by atoms with Crippen molar-refractivity contribution in [2.45, 2.75) is 71.4 Å². The van der Waals surface area contributed by atoms with Gasteiger partial charge in [-0.05, 0) is 62.8 Å². The van der Waals surface area contributed by atoms with Crippen LogP contribution >= 0.6 is 0 Å². The number of pyridine rings is 1. The van der Waals surface area contributed by atoms with Crippen molar-refractivity contribution in [3.8, 4) is 11.5 Å². The lowest BCUT2D eigenvalue weighted by atomic mass is 9.79. The summed E-state index contributed by atoms with van der Waals surface area (Å²) in [6, 6.07) is 5.19. The highest BCUT2D eigenvalue weighted by molar-refractivity contribution is 5.98. The Morgan fingerprint density at radius 1 is 1.16 bits per heavy atom. The third-order valence-corrected chi connectivity index (χ3v) is 6.78. The predicted octanol–water partition coefficient (Wildman–Crippen LogP) is 4.46. The van der Waals surface area contributed by atoms with Gasteiger partial charge in [-0.2, -0.15) is 0 Å². The maximum absolute atomic E-state index is 13.8. The largest absolute Gasteiger partial charge is 0.493 e. The molecule has 0 spiro atoms. The number of ether oxygens (including phenoxy) is 4. The number of amides is 1. The van der Waals surface area contributed by atoms with E-state index < -0.39 is 36.8 Å². The highest BCUT2D eigenvalue weighted by Crippen LogP contribution is 2.41. The van der Waals surface area contributed by atoms with Crippen LogP contribution in [0.3, 0.4) is 0 Å². The Bertz CT molecular complexity index is 1150. The maximum Gasteiger partial charge on any atom is 0.328 e. The molecule has 1 heterocycles. The Balaban J connectivity index is 1.72. The molecule has 1 amide bonds. The second-order valence-corrected chi connectivity index (χ2v) is 9.50. The lowest BCUT2D eigenvalue weighted by Gasteiger charge is -2.31. The molecule has 0 radical (unpaired) electrons. The van der Waals surface area contributed by atoms with Crippen molar-refractivity contribution in [3.63, 3.8) is 0 Å². The van der Waals surface area contributed by atoms with E-state index in [1.165, 1.54) is 45.4 Å². The van der Waals surface area contributed by atoms with Gasteiger partial charge in [-0.15, -0.1) is 0 Å². The van der Waals surface area contributed by atoms with Crippen molar-refractivity contribution in [1.82, 2.24) is 10.3 Å². The van der Waals surface area contributed by atoms with Crippen molar-refractivity contribution in [2.24, 2.45) is 5.92 Å². The Morgan fingerprint density at radius 3 is 2.50 bits per heavy atom. The van der Waals surface area contributed by atoms with Gasteiger partial charge in [0.05, 0.1) is 7.11 Å². The molecule has 10 heteroatoms. The minimum Gasteiger partial charge on any atom is -0.493 e. The first-order valence-electron chi connectivity index (χ1n) is 12.7. The van der Waals surface area contributed by atoms with Gasteiger partial charge in [0.1, 0.15) is 18.0 Å². The molecule has 0 aliphatic heterocycles. The number of halogens is 1. The molecule has 0 bridgehead atoms. The van der Waals surface area contributed by atoms with Crippen LogP contribution in [0, 0.1) is 18.7 Å². The molecule has 38 heavy (non-hydrogen) atoms. The summed E-state index contributed by atoms with van der Waals surface area (Å²) in [5, 5.41) is 2.59. The number of aryl methyl sites for hydroxylation is 1. The molecule has 1 fully saturated rings. The van der Waals surface area contributed by atoms with E-state index in [0.29, 0.717) is 5.92 Å². The molecule has 1 aromatic carbocycles. The van der Waals surface area contributed by atoms with Crippen LogP contribution in [-0.4, -0.2) is 48.9 Å². The predicted molar refractivity (Wildman–Crippen MR) is 136 cm³/mol. The molecular weight excluding hydrogens is 495 g/mol. The van der Waals surface area contributed by atoms with Gasteiger partial charge < -0.3 is 24.3 Å². The maximum atomic E-state index is 13.8. The molecule has 1 aromatic heterocycles. The molecule has 1 aliphatic rings. The Kier molecular flexibility index (Phi) is 10.0. The van der Waals surface area contributed by atoms with Crippen molar-refractivity contribution >= 4 is 17.8 Å². The minimum absolute atomic E-state index is 0.0317. The van der Waals surface area contributed by atoms with Crippen LogP contribution in [0.2, 0.25) is 0 Å². The number of hydrogen-bond donors (Lipinski definition) is 1. The summed E-state index contributed by atoms with van der Waals surface area (Å²) in [4.78, 5) is 41.2. The topological polar surface area (TPSA) is 113 Å². The number of methoxy groups -OCH3 is 1. The van der Waals surface area contributed by atoms with Crippen LogP contribution in [0.5, 0.6) is 11.5 Å². The molecule has 0 saturated heterocycles. The van der Waals surface area contributed by atoms with Gasteiger partial charge in [0, 0.05) is 25.1 Å². The van der Waals surface area contributed by atoms with E-state index in [-0.39, 0.29) is 28.9 Å². The monoisotopic (exact) mass is 530 g/mol. The Labute approximate surface area is 222 Å². The van der Waals surface area contributed by atoms with Gasteiger partial charge in [-0.3, -0.25) is 9.59 Å². The van der Waals surface area contributed by atoms with Gasteiger partial charge in [-0.25, -0.2) is 14.2 Å². The van der Waals surface area contributed by atoms with E-state index in [1.807, 2.05) is 13.8 Å². The van der Waals surface area contributed by atoms with E-state index in [0.717, 1.165) is 36.8 Å². The van der Waals surface area contributed by atoms with E-state index >= 15 is 0 Å². The molecule has 0 unspecified atom stereocenters. The Morgan fingerprint density at radius 2 is 1.87 bits per heavy atom. The number of rotatable bonds is 11. The number of nitrogens with one attached hydrogen (secondary N) is 1. The smallest absolute Gasteiger partial charge is 0.328 e. The van der Waals surface area contributed by atoms with Crippen molar-refractivity contribution in [2.75, 3.05) is 13.9 Å². The number of aromatic nitrogens is 1. The fourth-order valence-electron chi connectivity index (χ4n) is 4.97. The second-order valence-electron chi connectivity index (χ2n) is 9.50. The molecule has 3 rings (SSSR count). The Hall–Kier alpha value is -3.69. The summed E-state index contributed by atoms with van der Waals surface area (Å²) in [6.45, 7) is 5.99. The summed E-state index contributed by atoms with van der Waals surface area (Å²) in [5.41, 5.74) is 1.64. The van der Waals surface area contributed by atoms with Crippen LogP contribution in [0.4, 0.5) is 4.39 Å². The van der Waals surface area contributed by atoms with Crippen LogP contribution < -0.4 is 14.8 Å². The van der Waals surface area contributed by atoms with E-state index in [4.69, 9.17) is 18.9 Å². The molecule has 1 aliphatic carbocycles. The first-order chi connectivity index (χ1) is 18.1. The molecule has 206 valence electrons. The number of esters is 2. The van der Waals surface area contributed by atoms with Gasteiger partial charge in [-0.1, -0.05) is 18.9 Å². The van der Waals surface area contributed by atoms with Gasteiger partial charge in [0.2, 0.25) is 6.79 Å². The van der Waals surface area contributed by atoms with Crippen LogP contribution in [0.15, 0.2) is 30.5 Å². The fourth-order valence-corrected chi connectivity index (χ4v) is 4.97. The van der Waals surface area contributed by atoms with Crippen LogP contribution in [-0.2, 0) is 19.1 Å². The molecule has 1 saturated carbocycles. The first-order valence-corrected chi connectivity index (χ1v) is 12.7. The molecule has 1 N–H and O–H groups in total. The molecule has 2 aromatic rings. The van der Waals surface area contributed by atoms with Crippen LogP contribution in [0.25, 0.3) is 0 Å². The highest BCUT2D eigenvalue weighted by atomic mass is 19.1. The molecular formula is C28H35FN2O7. The number of nitrogens with zero attached hydrogens (tertiary/aromatic N) is 1. The van der Waals surface area contributed by atoms with Crippen molar-refractivity contribution in [3.05, 3.63) is 53.1 Å². The number of hydrogen-bond acceptors (Lipinski definition) is 8. The average Bonchev–Trinajstić information content (AvgIpc) is 3.39. The lowest BCUT2D eigenvalue weighted by Crippen LogP contribution is -2.42.